The van der Waals surface area contributed by atoms with Gasteiger partial charge in [0.05, 0.1) is 6.20 Å². The van der Waals surface area contributed by atoms with Gasteiger partial charge >= 0.3 is 0 Å². The fraction of sp³-hybridized carbons (Fsp3) is 0.467. The molecule has 0 unspecified atom stereocenters. The third-order valence-corrected chi connectivity index (χ3v) is 4.29. The molecule has 0 bridgehead atoms. The normalized spacial score (nSPS) is 17.8. The zero-order valence-electron chi connectivity index (χ0n) is 12.8. The minimum Gasteiger partial charge on any atom is -0.365 e. The van der Waals surface area contributed by atoms with Crippen LogP contribution in [0.15, 0.2) is 18.5 Å². The molecule has 0 aliphatic heterocycles. The molecule has 24 heavy (non-hydrogen) atoms. The summed E-state index contributed by atoms with van der Waals surface area (Å²) in [5, 5.41) is 6.71. The van der Waals surface area contributed by atoms with E-state index in [0.29, 0.717) is 19.4 Å². The Morgan fingerprint density at radius 2 is 2.08 bits per heavy atom. The number of aromatic nitrogens is 3. The molecule has 1 saturated carbocycles. The highest BCUT2D eigenvalue weighted by Crippen LogP contribution is 2.35. The Balaban J connectivity index is 1.70. The van der Waals surface area contributed by atoms with Crippen LogP contribution in [0.2, 0.25) is 0 Å². The van der Waals surface area contributed by atoms with E-state index in [1.165, 1.54) is 23.0 Å². The van der Waals surface area contributed by atoms with Crippen molar-refractivity contribution in [1.29, 1.82) is 0 Å². The highest BCUT2D eigenvalue weighted by molar-refractivity contribution is 5.99. The molecular formula is C15H17F2N5O2. The van der Waals surface area contributed by atoms with E-state index >= 15 is 0 Å². The van der Waals surface area contributed by atoms with Crippen molar-refractivity contribution in [3.05, 3.63) is 29.7 Å². The summed E-state index contributed by atoms with van der Waals surface area (Å²) >= 11 is 0. The first-order chi connectivity index (χ1) is 11.4. The lowest BCUT2D eigenvalue weighted by Crippen LogP contribution is -2.34. The number of nitrogens with one attached hydrogen (secondary N) is 1. The molecule has 9 heteroatoms. The van der Waals surface area contributed by atoms with E-state index in [1.807, 2.05) is 0 Å². The molecular weight excluding hydrogens is 320 g/mol. The number of rotatable bonds is 4. The molecule has 2 heterocycles. The Hall–Kier alpha value is -2.58. The highest BCUT2D eigenvalue weighted by atomic mass is 19.3. The summed E-state index contributed by atoms with van der Waals surface area (Å²) in [6.45, 7) is 0.322. The summed E-state index contributed by atoms with van der Waals surface area (Å²) in [6, 6.07) is 1.47. The molecule has 2 aromatic heterocycles. The molecule has 0 atom stereocenters. The summed E-state index contributed by atoms with van der Waals surface area (Å²) in [6.07, 6.45) is 3.12. The Bertz CT molecular complexity index is 779. The van der Waals surface area contributed by atoms with Gasteiger partial charge in [-0.25, -0.2) is 18.3 Å². The van der Waals surface area contributed by atoms with Gasteiger partial charge in [0.2, 0.25) is 5.92 Å². The molecule has 0 spiro atoms. The highest BCUT2D eigenvalue weighted by Gasteiger charge is 2.34. The number of carbonyl (C=O) groups is 2. The number of primary amides is 1. The topological polar surface area (TPSA) is 102 Å². The van der Waals surface area contributed by atoms with E-state index in [9.17, 15) is 18.4 Å². The van der Waals surface area contributed by atoms with Gasteiger partial charge in [-0.3, -0.25) is 9.59 Å². The molecule has 0 radical (unpaired) electrons. The van der Waals surface area contributed by atoms with E-state index in [-0.39, 0.29) is 35.7 Å². The maximum atomic E-state index is 13.1. The molecule has 0 saturated heterocycles. The molecule has 0 aromatic carbocycles. The summed E-state index contributed by atoms with van der Waals surface area (Å²) < 4.78 is 27.5. The van der Waals surface area contributed by atoms with Crippen LogP contribution in [0, 0.1) is 5.92 Å². The van der Waals surface area contributed by atoms with E-state index in [4.69, 9.17) is 5.73 Å². The summed E-state index contributed by atoms with van der Waals surface area (Å²) in [5.74, 6) is -3.64. The number of amides is 2. The van der Waals surface area contributed by atoms with E-state index in [1.54, 1.807) is 0 Å². The van der Waals surface area contributed by atoms with Crippen LogP contribution in [-0.2, 0) is 0 Å². The third kappa shape index (κ3) is 3.19. The van der Waals surface area contributed by atoms with Gasteiger partial charge in [0.25, 0.3) is 11.8 Å². The molecule has 3 N–H and O–H groups in total. The molecule has 1 aliphatic rings. The second kappa shape index (κ2) is 6.14. The lowest BCUT2D eigenvalue weighted by molar-refractivity contribution is -0.0452. The van der Waals surface area contributed by atoms with E-state index < -0.39 is 17.7 Å². The lowest BCUT2D eigenvalue weighted by atomic mass is 9.87. The van der Waals surface area contributed by atoms with Crippen molar-refractivity contribution in [2.45, 2.75) is 31.6 Å². The molecule has 2 aromatic rings. The SMILES string of the molecule is NC(=O)c1cnn2c(C(=O)NCC3CCC(F)(F)CC3)ccnc12. The first-order valence-electron chi connectivity index (χ1n) is 7.66. The summed E-state index contributed by atoms with van der Waals surface area (Å²) in [4.78, 5) is 27.7. The Labute approximate surface area is 136 Å². The smallest absolute Gasteiger partial charge is 0.270 e. The van der Waals surface area contributed by atoms with Crippen LogP contribution < -0.4 is 11.1 Å². The predicted octanol–water partition coefficient (Wildman–Crippen LogP) is 1.38. The fourth-order valence-electron chi connectivity index (χ4n) is 2.87. The quantitative estimate of drug-likeness (QED) is 0.880. The van der Waals surface area contributed by atoms with Crippen molar-refractivity contribution in [2.75, 3.05) is 6.54 Å². The maximum absolute atomic E-state index is 13.1. The van der Waals surface area contributed by atoms with Crippen molar-refractivity contribution in [3.8, 4) is 0 Å². The number of fused-ring (bicyclic) bond motifs is 1. The van der Waals surface area contributed by atoms with Gasteiger partial charge in [0.1, 0.15) is 11.3 Å². The van der Waals surface area contributed by atoms with Crippen molar-refractivity contribution in [1.82, 2.24) is 19.9 Å². The fourth-order valence-corrected chi connectivity index (χ4v) is 2.87. The maximum Gasteiger partial charge on any atom is 0.270 e. The summed E-state index contributed by atoms with van der Waals surface area (Å²) in [5.41, 5.74) is 5.76. The molecule has 1 fully saturated rings. The van der Waals surface area contributed by atoms with E-state index in [0.717, 1.165) is 0 Å². The average Bonchev–Trinajstić information content (AvgIpc) is 2.97. The van der Waals surface area contributed by atoms with Gasteiger partial charge in [-0.2, -0.15) is 5.10 Å². The monoisotopic (exact) mass is 337 g/mol. The van der Waals surface area contributed by atoms with Gasteiger partial charge in [-0.05, 0) is 24.8 Å². The number of hydrogen-bond donors (Lipinski definition) is 2. The standard InChI is InChI=1S/C15H17F2N5O2/c16-15(17)4-1-9(2-5-15)7-20-14(24)11-3-6-19-13-10(12(18)23)8-21-22(11)13/h3,6,8-9H,1-2,4-5,7H2,(H2,18,23)(H,20,24). The van der Waals surface area contributed by atoms with Crippen molar-refractivity contribution < 1.29 is 18.4 Å². The van der Waals surface area contributed by atoms with Crippen molar-refractivity contribution in [3.63, 3.8) is 0 Å². The van der Waals surface area contributed by atoms with Crippen LogP contribution in [0.5, 0.6) is 0 Å². The molecule has 128 valence electrons. The predicted molar refractivity (Wildman–Crippen MR) is 80.7 cm³/mol. The second-order valence-corrected chi connectivity index (χ2v) is 6.00. The second-order valence-electron chi connectivity index (χ2n) is 6.00. The van der Waals surface area contributed by atoms with Gasteiger partial charge < -0.3 is 11.1 Å². The number of nitrogens with zero attached hydrogens (tertiary/aromatic N) is 3. The van der Waals surface area contributed by atoms with Crippen LogP contribution in [0.25, 0.3) is 5.65 Å². The first-order valence-corrected chi connectivity index (χ1v) is 7.66. The zero-order valence-corrected chi connectivity index (χ0v) is 12.8. The van der Waals surface area contributed by atoms with Gasteiger partial charge in [0.15, 0.2) is 5.65 Å². The number of halogens is 2. The number of nitrogens with two attached hydrogens (primary N) is 1. The molecule has 1 aliphatic carbocycles. The lowest BCUT2D eigenvalue weighted by Gasteiger charge is -2.28. The Morgan fingerprint density at radius 3 is 2.75 bits per heavy atom. The number of carbonyl (C=O) groups excluding carboxylic acids is 2. The third-order valence-electron chi connectivity index (χ3n) is 4.29. The van der Waals surface area contributed by atoms with Gasteiger partial charge in [0, 0.05) is 25.6 Å². The van der Waals surface area contributed by atoms with Crippen LogP contribution in [0.1, 0.15) is 46.5 Å². The van der Waals surface area contributed by atoms with Crippen molar-refractivity contribution >= 4 is 17.5 Å². The Morgan fingerprint density at radius 1 is 1.38 bits per heavy atom. The molecule has 2 amide bonds. The Kier molecular flexibility index (Phi) is 4.16. The van der Waals surface area contributed by atoms with Crippen LogP contribution >= 0.6 is 0 Å². The molecule has 7 nitrogen and oxygen atoms in total. The minimum absolute atomic E-state index is 0.0321. The zero-order chi connectivity index (χ0) is 17.3. The van der Waals surface area contributed by atoms with Crippen LogP contribution in [0.3, 0.4) is 0 Å². The van der Waals surface area contributed by atoms with Crippen LogP contribution in [-0.4, -0.2) is 38.9 Å². The van der Waals surface area contributed by atoms with Gasteiger partial charge in [-0.1, -0.05) is 0 Å². The average molecular weight is 337 g/mol. The van der Waals surface area contributed by atoms with Gasteiger partial charge in [-0.15, -0.1) is 0 Å². The minimum atomic E-state index is -2.59. The number of hydrogen-bond acceptors (Lipinski definition) is 4. The summed E-state index contributed by atoms with van der Waals surface area (Å²) in [7, 11) is 0. The van der Waals surface area contributed by atoms with Crippen LogP contribution in [0.4, 0.5) is 8.78 Å². The largest absolute Gasteiger partial charge is 0.365 e. The first kappa shape index (κ1) is 16.3. The van der Waals surface area contributed by atoms with Crippen molar-refractivity contribution in [2.24, 2.45) is 11.7 Å². The number of alkyl halides is 2. The van der Waals surface area contributed by atoms with E-state index in [2.05, 4.69) is 15.4 Å². The molecule has 3 rings (SSSR count).